The number of rotatable bonds is 6. The number of nitriles is 1. The van der Waals surface area contributed by atoms with Crippen molar-refractivity contribution >= 4 is 57.8 Å². The van der Waals surface area contributed by atoms with Gasteiger partial charge in [-0.15, -0.1) is 18.3 Å². The Bertz CT molecular complexity index is 1950. The van der Waals surface area contributed by atoms with Crippen molar-refractivity contribution in [1.29, 1.82) is 5.26 Å². The predicted molar refractivity (Wildman–Crippen MR) is 181 cm³/mol. The average molecular weight is 811 g/mol. The molecule has 5 rings (SSSR count). The van der Waals surface area contributed by atoms with Crippen LogP contribution in [0.5, 0.6) is 0 Å². The number of nitrogens with one attached hydrogen (secondary N) is 1. The molecular formula is C33H31Cl2F6N5O6S. The molecule has 2 heterocycles. The first-order valence-electron chi connectivity index (χ1n) is 15.5. The van der Waals surface area contributed by atoms with Gasteiger partial charge in [0.05, 0.1) is 39.4 Å². The minimum Gasteiger partial charge on any atom is -0.604 e. The zero-order valence-corrected chi connectivity index (χ0v) is 30.6. The van der Waals surface area contributed by atoms with Gasteiger partial charge >= 0.3 is 17.8 Å². The summed E-state index contributed by atoms with van der Waals surface area (Å²) in [5.74, 6) is -0.728. The van der Waals surface area contributed by atoms with E-state index in [1.54, 1.807) is 14.0 Å². The van der Waals surface area contributed by atoms with Crippen LogP contribution in [-0.2, 0) is 36.4 Å². The van der Waals surface area contributed by atoms with Crippen LogP contribution in [0.1, 0.15) is 60.6 Å². The summed E-state index contributed by atoms with van der Waals surface area (Å²) in [6.07, 6.45) is -2.54. The number of carbonyl (C=O) groups is 2. The number of nitrogen functional groups attached to an aromatic ring is 1. The van der Waals surface area contributed by atoms with E-state index in [-0.39, 0.29) is 18.6 Å². The Kier molecular flexibility index (Phi) is 12.6. The molecule has 1 amide bonds. The number of nitrogens with two attached hydrogens (primary N) is 1. The van der Waals surface area contributed by atoms with Crippen molar-refractivity contribution in [3.05, 3.63) is 74.1 Å². The zero-order chi connectivity index (χ0) is 39.6. The summed E-state index contributed by atoms with van der Waals surface area (Å²) in [4.78, 5) is 24.0. The number of nitrogens with zero attached hydrogens (tertiary/aromatic N) is 3. The van der Waals surface area contributed by atoms with E-state index in [9.17, 15) is 40.5 Å². The number of anilines is 1. The summed E-state index contributed by atoms with van der Waals surface area (Å²) < 4.78 is 104. The Labute approximate surface area is 312 Å². The van der Waals surface area contributed by atoms with Crippen molar-refractivity contribution in [1.82, 2.24) is 15.1 Å². The maximum Gasteiger partial charge on any atom is 0.578 e. The Morgan fingerprint density at radius 1 is 1.15 bits per heavy atom. The third kappa shape index (κ3) is 8.81. The maximum atomic E-state index is 13.0. The molecule has 1 fully saturated rings. The van der Waals surface area contributed by atoms with Crippen molar-refractivity contribution in [2.45, 2.75) is 74.7 Å². The van der Waals surface area contributed by atoms with E-state index in [2.05, 4.69) is 10.4 Å². The average Bonchev–Trinajstić information content (AvgIpc) is 3.53. The van der Waals surface area contributed by atoms with Gasteiger partial charge in [0.25, 0.3) is 5.91 Å². The van der Waals surface area contributed by atoms with Crippen LogP contribution in [0.15, 0.2) is 41.0 Å². The second-order valence-corrected chi connectivity index (χ2v) is 14.1. The molecular weight excluding hydrogens is 779 g/mol. The van der Waals surface area contributed by atoms with Crippen molar-refractivity contribution < 1.29 is 54.7 Å². The molecule has 1 saturated carbocycles. The smallest absolute Gasteiger partial charge is 0.578 e. The van der Waals surface area contributed by atoms with E-state index < -0.39 is 72.3 Å². The number of hydrogen-bond donors (Lipinski definition) is 2. The van der Waals surface area contributed by atoms with Crippen LogP contribution in [0.4, 0.5) is 37.0 Å². The van der Waals surface area contributed by atoms with Gasteiger partial charge in [0.15, 0.2) is 5.82 Å². The van der Waals surface area contributed by atoms with Crippen LogP contribution in [0.3, 0.4) is 0 Å². The number of amides is 1. The van der Waals surface area contributed by atoms with E-state index in [0.717, 1.165) is 29.5 Å². The number of benzene rings is 2. The van der Waals surface area contributed by atoms with E-state index in [4.69, 9.17) is 48.4 Å². The van der Waals surface area contributed by atoms with Crippen LogP contribution >= 0.6 is 23.2 Å². The molecule has 0 saturated heterocycles. The van der Waals surface area contributed by atoms with Gasteiger partial charge in [-0.1, -0.05) is 47.0 Å². The summed E-state index contributed by atoms with van der Waals surface area (Å²) in [5.41, 5.74) is 0.104. The van der Waals surface area contributed by atoms with Gasteiger partial charge in [-0.3, -0.25) is 4.79 Å². The van der Waals surface area contributed by atoms with Gasteiger partial charge in [0, 0.05) is 7.11 Å². The minimum atomic E-state index is -5.25. The van der Waals surface area contributed by atoms with Gasteiger partial charge in [0.2, 0.25) is 10.6 Å². The highest BCUT2D eigenvalue weighted by atomic mass is 35.5. The number of aryl methyl sites for hydroxylation is 2. The van der Waals surface area contributed by atoms with E-state index in [1.807, 2.05) is 32.0 Å². The van der Waals surface area contributed by atoms with Crippen LogP contribution in [0.2, 0.25) is 10.0 Å². The maximum absolute atomic E-state index is 13.0. The fourth-order valence-corrected chi connectivity index (χ4v) is 7.29. The summed E-state index contributed by atoms with van der Waals surface area (Å²) in [5, 5.41) is 14.2. The number of hydrogen-bond acceptors (Lipinski definition) is 9. The van der Waals surface area contributed by atoms with Crippen LogP contribution in [-0.4, -0.2) is 57.3 Å². The number of halogens is 8. The molecule has 1 aliphatic carbocycles. The number of carbonyl (C=O) groups excluding carboxylic acids is 2. The number of methoxy groups -OCH3 is 1. The predicted octanol–water partition coefficient (Wildman–Crippen LogP) is 7.92. The molecule has 2 aromatic carbocycles. The molecule has 1 unspecified atom stereocenters. The normalized spacial score (nSPS) is 19.3. The molecule has 0 bridgehead atoms. The molecule has 1 aliphatic heterocycles. The Morgan fingerprint density at radius 2 is 1.75 bits per heavy atom. The van der Waals surface area contributed by atoms with Gasteiger partial charge in [-0.2, -0.15) is 18.4 Å². The molecule has 11 nitrogen and oxygen atoms in total. The second-order valence-electron chi connectivity index (χ2n) is 11.9. The highest BCUT2D eigenvalue weighted by molar-refractivity contribution is 7.92. The monoisotopic (exact) mass is 809 g/mol. The van der Waals surface area contributed by atoms with Crippen LogP contribution in [0.25, 0.3) is 11.3 Å². The zero-order valence-electron chi connectivity index (χ0n) is 28.3. The third-order valence-corrected chi connectivity index (χ3v) is 10.2. The van der Waals surface area contributed by atoms with Gasteiger partial charge in [0.1, 0.15) is 28.7 Å². The number of alkyl halides is 6. The molecule has 286 valence electrons. The molecule has 0 radical (unpaired) electrons. The van der Waals surface area contributed by atoms with Crippen molar-refractivity contribution in [3.63, 3.8) is 0 Å². The summed E-state index contributed by atoms with van der Waals surface area (Å²) in [7, 11) is 1.70. The standard InChI is InChI=1S/C21H27NO5.C12H4Cl2F6N4OS/c1-5-26-20(24)27-18-17(16-12-13(2)6-7-14(16)3)19(23)22-21(18)10-8-15(25-4)9-11-21;13-5-1-4(11(15,16)17)2-6(14)8(5)24-10(22)9(7(3-21)23-24)26(25)12(18,19)20/h6-7,12,15H,5,8-11H2,1-4H3,(H,22,23);1-2H,22H2/t15-,21+;. The molecule has 3 aromatic rings. The number of ether oxygens (including phenoxy) is 3. The lowest BCUT2D eigenvalue weighted by atomic mass is 9.79. The Hall–Kier alpha value is -4.15. The lowest BCUT2D eigenvalue weighted by Gasteiger charge is -2.37. The molecule has 53 heavy (non-hydrogen) atoms. The summed E-state index contributed by atoms with van der Waals surface area (Å²) in [6.45, 7) is 5.86. The molecule has 2 aliphatic rings. The van der Waals surface area contributed by atoms with Gasteiger partial charge in [-0.25, -0.2) is 9.48 Å². The fourth-order valence-electron chi connectivity index (χ4n) is 5.87. The molecule has 1 atom stereocenters. The van der Waals surface area contributed by atoms with E-state index in [1.165, 1.54) is 6.07 Å². The molecule has 3 N–H and O–H groups in total. The first-order valence-corrected chi connectivity index (χ1v) is 17.5. The molecule has 1 aromatic heterocycles. The van der Waals surface area contributed by atoms with Crippen molar-refractivity contribution in [2.24, 2.45) is 0 Å². The van der Waals surface area contributed by atoms with Crippen LogP contribution in [0, 0.1) is 25.2 Å². The van der Waals surface area contributed by atoms with Crippen molar-refractivity contribution in [3.8, 4) is 11.8 Å². The highest BCUT2D eigenvalue weighted by Crippen LogP contribution is 2.45. The Balaban J connectivity index is 0.000000237. The van der Waals surface area contributed by atoms with Gasteiger partial charge < -0.3 is 29.8 Å². The first kappa shape index (κ1) is 41.6. The quantitative estimate of drug-likeness (QED) is 0.143. The lowest BCUT2D eigenvalue weighted by molar-refractivity contribution is -0.137. The summed E-state index contributed by atoms with van der Waals surface area (Å²) in [6, 6.07) is 8.12. The fraction of sp³-hybridized carbons (Fsp3) is 0.394. The second kappa shape index (κ2) is 16.1. The lowest BCUT2D eigenvalue weighted by Crippen LogP contribution is -2.49. The third-order valence-electron chi connectivity index (χ3n) is 8.40. The SMILES string of the molecule is CCOC(=O)OC1=C(c2cc(C)ccc2C)C(=O)N[C@]12CC[C@@H](OC)CC2.N#Cc1nn(-c2c(Cl)cc(C(F)(F)F)cc2Cl)c(N)c1[S+]([O-])C(F)(F)F. The minimum absolute atomic E-state index is 0.154. The van der Waals surface area contributed by atoms with Gasteiger partial charge in [-0.05, 0) is 69.7 Å². The largest absolute Gasteiger partial charge is 0.604 e. The number of aromatic nitrogens is 2. The highest BCUT2D eigenvalue weighted by Gasteiger charge is 2.51. The van der Waals surface area contributed by atoms with Crippen molar-refractivity contribution in [2.75, 3.05) is 19.5 Å². The molecule has 1 spiro atoms. The Morgan fingerprint density at radius 3 is 2.26 bits per heavy atom. The summed E-state index contributed by atoms with van der Waals surface area (Å²) >= 11 is 7.77. The topological polar surface area (TPSA) is 165 Å². The van der Waals surface area contributed by atoms with E-state index in [0.29, 0.717) is 41.0 Å². The van der Waals surface area contributed by atoms with E-state index >= 15 is 0 Å². The first-order chi connectivity index (χ1) is 24.7. The van der Waals surface area contributed by atoms with Crippen LogP contribution < -0.4 is 11.1 Å². The molecule has 20 heteroatoms.